The Morgan fingerprint density at radius 3 is 2.60 bits per heavy atom. The first-order valence-electron chi connectivity index (χ1n) is 5.13. The number of rotatable bonds is 2. The van der Waals surface area contributed by atoms with Crippen molar-refractivity contribution in [2.75, 3.05) is 14.2 Å². The molecule has 3 nitrogen and oxygen atoms in total. The van der Waals surface area contributed by atoms with Crippen molar-refractivity contribution in [2.45, 2.75) is 25.3 Å². The standard InChI is InChI=1S/C12H17NO2/c1-12(13)7-6-8-9(12)4-5-10(14-2)11(8)15-3/h4-5H,6-7,13H2,1-3H3. The van der Waals surface area contributed by atoms with Gasteiger partial charge in [-0.1, -0.05) is 6.07 Å². The van der Waals surface area contributed by atoms with E-state index in [1.54, 1.807) is 14.2 Å². The van der Waals surface area contributed by atoms with Crippen LogP contribution in [0, 0.1) is 0 Å². The Bertz CT molecular complexity index is 385. The predicted molar refractivity (Wildman–Crippen MR) is 59.4 cm³/mol. The van der Waals surface area contributed by atoms with Gasteiger partial charge in [-0.25, -0.2) is 0 Å². The third-order valence-electron chi connectivity index (χ3n) is 3.16. The molecular formula is C12H17NO2. The van der Waals surface area contributed by atoms with Crippen molar-refractivity contribution < 1.29 is 9.47 Å². The van der Waals surface area contributed by atoms with Crippen LogP contribution in [0.3, 0.4) is 0 Å². The molecule has 0 saturated heterocycles. The van der Waals surface area contributed by atoms with Gasteiger partial charge in [0.05, 0.1) is 14.2 Å². The molecule has 0 amide bonds. The molecule has 0 saturated carbocycles. The van der Waals surface area contributed by atoms with Gasteiger partial charge in [0.15, 0.2) is 11.5 Å². The lowest BCUT2D eigenvalue weighted by molar-refractivity contribution is 0.352. The number of fused-ring (bicyclic) bond motifs is 1. The van der Waals surface area contributed by atoms with Gasteiger partial charge < -0.3 is 15.2 Å². The van der Waals surface area contributed by atoms with Crippen LogP contribution < -0.4 is 15.2 Å². The van der Waals surface area contributed by atoms with E-state index in [0.29, 0.717) is 0 Å². The third-order valence-corrected chi connectivity index (χ3v) is 3.16. The maximum Gasteiger partial charge on any atom is 0.164 e. The highest BCUT2D eigenvalue weighted by Crippen LogP contribution is 2.43. The zero-order chi connectivity index (χ0) is 11.1. The Labute approximate surface area is 90.2 Å². The van der Waals surface area contributed by atoms with E-state index in [4.69, 9.17) is 15.2 Å². The fraction of sp³-hybridized carbons (Fsp3) is 0.500. The lowest BCUT2D eigenvalue weighted by Crippen LogP contribution is -2.29. The first-order valence-corrected chi connectivity index (χ1v) is 5.13. The molecule has 0 spiro atoms. The highest BCUT2D eigenvalue weighted by molar-refractivity contribution is 5.55. The number of nitrogens with two attached hydrogens (primary N) is 1. The van der Waals surface area contributed by atoms with Gasteiger partial charge in [-0.15, -0.1) is 0 Å². The number of benzene rings is 1. The average Bonchev–Trinajstić information content (AvgIpc) is 2.53. The molecule has 1 aromatic carbocycles. The first kappa shape index (κ1) is 10.3. The number of ether oxygens (including phenoxy) is 2. The molecule has 1 unspecified atom stereocenters. The second kappa shape index (κ2) is 3.42. The second-order valence-corrected chi connectivity index (χ2v) is 4.24. The second-order valence-electron chi connectivity index (χ2n) is 4.24. The van der Waals surface area contributed by atoms with Gasteiger partial charge in [0.1, 0.15) is 0 Å². The van der Waals surface area contributed by atoms with Crippen molar-refractivity contribution in [2.24, 2.45) is 5.73 Å². The molecule has 2 N–H and O–H groups in total. The summed E-state index contributed by atoms with van der Waals surface area (Å²) in [5, 5.41) is 0. The van der Waals surface area contributed by atoms with Gasteiger partial charge in [0.25, 0.3) is 0 Å². The first-order chi connectivity index (χ1) is 7.10. The van der Waals surface area contributed by atoms with Crippen molar-refractivity contribution in [1.82, 2.24) is 0 Å². The molecule has 15 heavy (non-hydrogen) atoms. The summed E-state index contributed by atoms with van der Waals surface area (Å²) < 4.78 is 10.7. The monoisotopic (exact) mass is 207 g/mol. The summed E-state index contributed by atoms with van der Waals surface area (Å²) in [7, 11) is 3.32. The molecule has 1 aliphatic carbocycles. The summed E-state index contributed by atoms with van der Waals surface area (Å²) in [5.41, 5.74) is 8.36. The highest BCUT2D eigenvalue weighted by atomic mass is 16.5. The van der Waals surface area contributed by atoms with Crippen molar-refractivity contribution in [3.8, 4) is 11.5 Å². The molecular weight excluding hydrogens is 190 g/mol. The molecule has 1 aromatic rings. The molecule has 1 atom stereocenters. The van der Waals surface area contributed by atoms with Crippen molar-refractivity contribution >= 4 is 0 Å². The summed E-state index contributed by atoms with van der Waals surface area (Å²) in [5.74, 6) is 1.62. The van der Waals surface area contributed by atoms with Gasteiger partial charge in [0, 0.05) is 11.1 Å². The van der Waals surface area contributed by atoms with Crippen LogP contribution >= 0.6 is 0 Å². The number of hydrogen-bond acceptors (Lipinski definition) is 3. The van der Waals surface area contributed by atoms with E-state index in [9.17, 15) is 0 Å². The quantitative estimate of drug-likeness (QED) is 0.804. The minimum absolute atomic E-state index is 0.227. The van der Waals surface area contributed by atoms with Crippen LogP contribution in [0.25, 0.3) is 0 Å². The fourth-order valence-electron chi connectivity index (χ4n) is 2.29. The molecule has 0 aromatic heterocycles. The Hall–Kier alpha value is -1.22. The lowest BCUT2D eigenvalue weighted by atomic mass is 9.95. The van der Waals surface area contributed by atoms with E-state index in [1.807, 2.05) is 12.1 Å². The molecule has 0 aliphatic heterocycles. The number of methoxy groups -OCH3 is 2. The topological polar surface area (TPSA) is 44.5 Å². The van der Waals surface area contributed by atoms with Crippen LogP contribution in [0.4, 0.5) is 0 Å². The summed E-state index contributed by atoms with van der Waals surface area (Å²) >= 11 is 0. The van der Waals surface area contributed by atoms with Gasteiger partial charge in [-0.05, 0) is 31.4 Å². The normalized spacial score (nSPS) is 23.7. The zero-order valence-electron chi connectivity index (χ0n) is 9.46. The van der Waals surface area contributed by atoms with Crippen LogP contribution in [0.2, 0.25) is 0 Å². The fourth-order valence-corrected chi connectivity index (χ4v) is 2.29. The van der Waals surface area contributed by atoms with Gasteiger partial charge >= 0.3 is 0 Å². The van der Waals surface area contributed by atoms with E-state index in [0.717, 1.165) is 24.3 Å². The predicted octanol–water partition coefficient (Wildman–Crippen LogP) is 1.82. The lowest BCUT2D eigenvalue weighted by Gasteiger charge is -2.20. The summed E-state index contributed by atoms with van der Waals surface area (Å²) in [6.07, 6.45) is 1.93. The van der Waals surface area contributed by atoms with Crippen LogP contribution in [-0.4, -0.2) is 14.2 Å². The SMILES string of the molecule is COc1ccc2c(c1OC)CCC2(C)N. The molecule has 0 radical (unpaired) electrons. The molecule has 0 fully saturated rings. The zero-order valence-corrected chi connectivity index (χ0v) is 9.46. The Morgan fingerprint density at radius 1 is 1.27 bits per heavy atom. The van der Waals surface area contributed by atoms with Gasteiger partial charge in [0.2, 0.25) is 0 Å². The minimum Gasteiger partial charge on any atom is -0.493 e. The van der Waals surface area contributed by atoms with E-state index in [2.05, 4.69) is 6.92 Å². The van der Waals surface area contributed by atoms with E-state index < -0.39 is 0 Å². The van der Waals surface area contributed by atoms with Crippen LogP contribution in [0.1, 0.15) is 24.5 Å². The van der Waals surface area contributed by atoms with E-state index >= 15 is 0 Å². The van der Waals surface area contributed by atoms with Gasteiger partial charge in [-0.2, -0.15) is 0 Å². The largest absolute Gasteiger partial charge is 0.493 e. The minimum atomic E-state index is -0.227. The van der Waals surface area contributed by atoms with Crippen molar-refractivity contribution in [3.63, 3.8) is 0 Å². The maximum absolute atomic E-state index is 6.21. The van der Waals surface area contributed by atoms with Crippen LogP contribution in [0.15, 0.2) is 12.1 Å². The van der Waals surface area contributed by atoms with E-state index in [-0.39, 0.29) is 5.54 Å². The molecule has 2 rings (SSSR count). The number of hydrogen-bond donors (Lipinski definition) is 1. The van der Waals surface area contributed by atoms with Crippen molar-refractivity contribution in [3.05, 3.63) is 23.3 Å². The molecule has 0 heterocycles. The smallest absolute Gasteiger partial charge is 0.164 e. The molecule has 82 valence electrons. The molecule has 1 aliphatic rings. The van der Waals surface area contributed by atoms with Crippen molar-refractivity contribution in [1.29, 1.82) is 0 Å². The maximum atomic E-state index is 6.21. The third kappa shape index (κ3) is 1.47. The molecule has 3 heteroatoms. The van der Waals surface area contributed by atoms with Crippen LogP contribution in [0.5, 0.6) is 11.5 Å². The molecule has 0 bridgehead atoms. The van der Waals surface area contributed by atoms with Gasteiger partial charge in [-0.3, -0.25) is 0 Å². The Morgan fingerprint density at radius 2 is 2.00 bits per heavy atom. The van der Waals surface area contributed by atoms with E-state index in [1.165, 1.54) is 11.1 Å². The average molecular weight is 207 g/mol. The Kier molecular flexibility index (Phi) is 2.35. The summed E-state index contributed by atoms with van der Waals surface area (Å²) in [6.45, 7) is 2.06. The summed E-state index contributed by atoms with van der Waals surface area (Å²) in [6, 6.07) is 3.97. The summed E-state index contributed by atoms with van der Waals surface area (Å²) in [4.78, 5) is 0. The Balaban J connectivity index is 2.59. The van der Waals surface area contributed by atoms with Crippen LogP contribution in [-0.2, 0) is 12.0 Å². The highest BCUT2D eigenvalue weighted by Gasteiger charge is 2.33.